The van der Waals surface area contributed by atoms with Crippen molar-refractivity contribution in [3.05, 3.63) is 11.9 Å². The molecule has 2 rings (SSSR count). The van der Waals surface area contributed by atoms with E-state index in [2.05, 4.69) is 15.5 Å². The summed E-state index contributed by atoms with van der Waals surface area (Å²) in [7, 11) is -2.14. The second kappa shape index (κ2) is 4.69. The third-order valence-corrected chi connectivity index (χ3v) is 5.14. The van der Waals surface area contributed by atoms with Gasteiger partial charge in [-0.05, 0) is 19.8 Å². The Kier molecular flexibility index (Phi) is 3.40. The fourth-order valence-electron chi connectivity index (χ4n) is 2.18. The van der Waals surface area contributed by atoms with Crippen molar-refractivity contribution in [1.82, 2.24) is 19.8 Å². The van der Waals surface area contributed by atoms with Gasteiger partial charge in [0.25, 0.3) is 0 Å². The first-order valence-corrected chi connectivity index (χ1v) is 7.16. The Hall–Kier alpha value is -1.41. The summed E-state index contributed by atoms with van der Waals surface area (Å²) in [6.45, 7) is 2.01. The number of hydrogen-bond acceptors (Lipinski definition) is 4. The molecule has 1 amide bonds. The molecule has 0 saturated carbocycles. The molecule has 0 aliphatic carbocycles. The Labute approximate surface area is 106 Å². The number of aromatic nitrogens is 2. The van der Waals surface area contributed by atoms with Crippen LogP contribution in [0.15, 0.2) is 11.1 Å². The van der Waals surface area contributed by atoms with Crippen molar-refractivity contribution in [2.75, 3.05) is 13.6 Å². The van der Waals surface area contributed by atoms with Crippen LogP contribution in [0, 0.1) is 6.92 Å². The van der Waals surface area contributed by atoms with Crippen molar-refractivity contribution in [3.63, 3.8) is 0 Å². The molecule has 2 heterocycles. The first-order valence-electron chi connectivity index (χ1n) is 5.72. The average molecular weight is 272 g/mol. The average Bonchev–Trinajstić information content (AvgIpc) is 2.96. The van der Waals surface area contributed by atoms with Gasteiger partial charge in [0.15, 0.2) is 0 Å². The number of sulfonamides is 1. The zero-order valence-corrected chi connectivity index (χ0v) is 11.1. The highest BCUT2D eigenvalue weighted by Crippen LogP contribution is 2.26. The lowest BCUT2D eigenvalue weighted by molar-refractivity contribution is -0.123. The maximum Gasteiger partial charge on any atom is 0.247 e. The van der Waals surface area contributed by atoms with Gasteiger partial charge in [-0.2, -0.15) is 9.40 Å². The topological polar surface area (TPSA) is 95.2 Å². The summed E-state index contributed by atoms with van der Waals surface area (Å²) in [6.07, 6.45) is 2.52. The standard InChI is InChI=1S/C10H16N4O3S/c1-7-9(6-12-13-7)18(16,17)14-5-3-4-8(14)10(15)11-2/h6,8H,3-5H2,1-2H3,(H,11,15)(H,12,13). The minimum absolute atomic E-state index is 0.137. The Balaban J connectivity index is 2.36. The number of nitrogens with one attached hydrogen (secondary N) is 2. The van der Waals surface area contributed by atoms with Gasteiger partial charge in [0, 0.05) is 13.6 Å². The van der Waals surface area contributed by atoms with Crippen molar-refractivity contribution in [3.8, 4) is 0 Å². The first kappa shape index (κ1) is 13.0. The van der Waals surface area contributed by atoms with Crippen molar-refractivity contribution in [1.29, 1.82) is 0 Å². The van der Waals surface area contributed by atoms with Crippen molar-refractivity contribution in [2.45, 2.75) is 30.7 Å². The lowest BCUT2D eigenvalue weighted by Crippen LogP contribution is -2.44. The third kappa shape index (κ3) is 2.01. The lowest BCUT2D eigenvalue weighted by atomic mass is 10.2. The molecule has 1 atom stereocenters. The summed E-state index contributed by atoms with van der Waals surface area (Å²) in [5, 5.41) is 8.82. The van der Waals surface area contributed by atoms with Crippen LogP contribution in [-0.2, 0) is 14.8 Å². The molecule has 1 unspecified atom stereocenters. The van der Waals surface area contributed by atoms with Gasteiger partial charge < -0.3 is 5.32 Å². The lowest BCUT2D eigenvalue weighted by Gasteiger charge is -2.22. The number of nitrogens with zero attached hydrogens (tertiary/aromatic N) is 2. The van der Waals surface area contributed by atoms with Crippen LogP contribution >= 0.6 is 0 Å². The number of likely N-dealkylation sites (N-methyl/N-ethyl adjacent to an activating group) is 1. The van der Waals surface area contributed by atoms with E-state index in [-0.39, 0.29) is 10.8 Å². The highest BCUT2D eigenvalue weighted by Gasteiger charge is 2.40. The van der Waals surface area contributed by atoms with Crippen LogP contribution in [0.25, 0.3) is 0 Å². The predicted octanol–water partition coefficient (Wildman–Crippen LogP) is -0.383. The number of aromatic amines is 1. The highest BCUT2D eigenvalue weighted by molar-refractivity contribution is 7.89. The molecule has 1 aromatic heterocycles. The molecule has 2 N–H and O–H groups in total. The normalized spacial score (nSPS) is 21.1. The first-order chi connectivity index (χ1) is 8.48. The highest BCUT2D eigenvalue weighted by atomic mass is 32.2. The van der Waals surface area contributed by atoms with Crippen LogP contribution in [0.4, 0.5) is 0 Å². The number of hydrogen-bond donors (Lipinski definition) is 2. The van der Waals surface area contributed by atoms with E-state index < -0.39 is 16.1 Å². The molecule has 8 heteroatoms. The minimum Gasteiger partial charge on any atom is -0.358 e. The summed E-state index contributed by atoms with van der Waals surface area (Å²) in [5.41, 5.74) is 0.484. The molecule has 1 fully saturated rings. The number of aryl methyl sites for hydroxylation is 1. The van der Waals surface area contributed by atoms with Crippen molar-refractivity contribution >= 4 is 15.9 Å². The van der Waals surface area contributed by atoms with Gasteiger partial charge in [-0.25, -0.2) is 8.42 Å². The van der Waals surface area contributed by atoms with Crippen LogP contribution in [-0.4, -0.2) is 48.5 Å². The van der Waals surface area contributed by atoms with E-state index in [0.29, 0.717) is 25.1 Å². The Bertz CT molecular complexity index is 551. The number of carbonyl (C=O) groups is 1. The van der Waals surface area contributed by atoms with Crippen molar-refractivity contribution < 1.29 is 13.2 Å². The van der Waals surface area contributed by atoms with Gasteiger partial charge in [-0.15, -0.1) is 0 Å². The Morgan fingerprint density at radius 1 is 1.61 bits per heavy atom. The SMILES string of the molecule is CNC(=O)C1CCCN1S(=O)(=O)c1cn[nH]c1C. The molecule has 0 radical (unpaired) electrons. The number of amides is 1. The predicted molar refractivity (Wildman–Crippen MR) is 64.3 cm³/mol. The number of carbonyl (C=O) groups excluding carboxylic acids is 1. The molecule has 7 nitrogen and oxygen atoms in total. The van der Waals surface area contributed by atoms with E-state index in [1.165, 1.54) is 17.5 Å². The minimum atomic E-state index is -3.65. The molecular weight excluding hydrogens is 256 g/mol. The fraction of sp³-hybridized carbons (Fsp3) is 0.600. The maximum absolute atomic E-state index is 12.4. The van der Waals surface area contributed by atoms with E-state index in [1.54, 1.807) is 6.92 Å². The summed E-state index contributed by atoms with van der Waals surface area (Å²) in [6, 6.07) is -0.616. The maximum atomic E-state index is 12.4. The van der Waals surface area contributed by atoms with Crippen LogP contribution in [0.2, 0.25) is 0 Å². The fourth-order valence-corrected chi connectivity index (χ4v) is 3.96. The summed E-state index contributed by atoms with van der Waals surface area (Å²) < 4.78 is 26.1. The van der Waals surface area contributed by atoms with Gasteiger partial charge in [0.05, 0.1) is 11.9 Å². The van der Waals surface area contributed by atoms with Crippen LogP contribution in [0.1, 0.15) is 18.5 Å². The molecular formula is C10H16N4O3S. The largest absolute Gasteiger partial charge is 0.358 e. The summed E-state index contributed by atoms with van der Waals surface area (Å²) in [5.74, 6) is -0.266. The molecule has 1 aromatic rings. The van der Waals surface area contributed by atoms with Crippen molar-refractivity contribution in [2.24, 2.45) is 0 Å². The van der Waals surface area contributed by atoms with Gasteiger partial charge in [0.2, 0.25) is 15.9 Å². The van der Waals surface area contributed by atoms with Crippen LogP contribution in [0.3, 0.4) is 0 Å². The molecule has 0 spiro atoms. The molecule has 18 heavy (non-hydrogen) atoms. The Morgan fingerprint density at radius 3 is 2.89 bits per heavy atom. The van der Waals surface area contributed by atoms with Crippen LogP contribution in [0.5, 0.6) is 0 Å². The van der Waals surface area contributed by atoms with Gasteiger partial charge >= 0.3 is 0 Å². The second-order valence-electron chi connectivity index (χ2n) is 4.25. The van der Waals surface area contributed by atoms with E-state index in [9.17, 15) is 13.2 Å². The van der Waals surface area contributed by atoms with E-state index in [4.69, 9.17) is 0 Å². The zero-order chi connectivity index (χ0) is 13.3. The monoisotopic (exact) mass is 272 g/mol. The molecule has 1 saturated heterocycles. The molecule has 100 valence electrons. The van der Waals surface area contributed by atoms with E-state index >= 15 is 0 Å². The quantitative estimate of drug-likeness (QED) is 0.784. The summed E-state index contributed by atoms with van der Waals surface area (Å²) >= 11 is 0. The van der Waals surface area contributed by atoms with E-state index in [1.807, 2.05) is 0 Å². The van der Waals surface area contributed by atoms with E-state index in [0.717, 1.165) is 0 Å². The number of H-pyrrole nitrogens is 1. The second-order valence-corrected chi connectivity index (χ2v) is 6.11. The smallest absolute Gasteiger partial charge is 0.247 e. The summed E-state index contributed by atoms with van der Waals surface area (Å²) in [4.78, 5) is 11.8. The molecule has 1 aliphatic rings. The van der Waals surface area contributed by atoms with Gasteiger partial charge in [-0.3, -0.25) is 9.89 Å². The molecule has 0 bridgehead atoms. The van der Waals surface area contributed by atoms with Crippen LogP contribution < -0.4 is 5.32 Å². The Morgan fingerprint density at radius 2 is 2.33 bits per heavy atom. The van der Waals surface area contributed by atoms with Gasteiger partial charge in [0.1, 0.15) is 10.9 Å². The zero-order valence-electron chi connectivity index (χ0n) is 10.3. The number of rotatable bonds is 3. The molecule has 1 aliphatic heterocycles. The van der Waals surface area contributed by atoms with Gasteiger partial charge in [-0.1, -0.05) is 0 Å². The molecule has 0 aromatic carbocycles. The third-order valence-electron chi connectivity index (χ3n) is 3.12.